The van der Waals surface area contributed by atoms with Gasteiger partial charge in [-0.05, 0) is 32.4 Å². The number of hydrogen-bond acceptors (Lipinski definition) is 6. The van der Waals surface area contributed by atoms with Gasteiger partial charge in [0.15, 0.2) is 6.10 Å². The fourth-order valence-corrected chi connectivity index (χ4v) is 2.29. The second-order valence-electron chi connectivity index (χ2n) is 6.31. The lowest BCUT2D eigenvalue weighted by atomic mass is 10.0. The van der Waals surface area contributed by atoms with Gasteiger partial charge in [-0.3, -0.25) is 9.69 Å². The molecule has 2 heterocycles. The molecule has 1 aromatic rings. The number of pyridine rings is 1. The molecule has 0 saturated carbocycles. The standard InChI is InChI=1S/C16H19N3O4/c1-10(20)22-13-9-19(15(21)23-16(2,3)4)8-11-5-6-12(7-17)18-14(11)13/h5-6,13H,8-9H2,1-4H3. The monoisotopic (exact) mass is 317 g/mol. The van der Waals surface area contributed by atoms with Crippen LogP contribution in [0.25, 0.3) is 0 Å². The van der Waals surface area contributed by atoms with E-state index in [2.05, 4.69) is 4.98 Å². The highest BCUT2D eigenvalue weighted by molar-refractivity contribution is 5.69. The molecule has 1 aromatic heterocycles. The number of rotatable bonds is 1. The molecule has 0 aliphatic carbocycles. The summed E-state index contributed by atoms with van der Waals surface area (Å²) in [7, 11) is 0. The van der Waals surface area contributed by atoms with E-state index in [9.17, 15) is 9.59 Å². The minimum atomic E-state index is -0.711. The maximum atomic E-state index is 12.3. The minimum absolute atomic E-state index is 0.142. The molecule has 0 fully saturated rings. The molecule has 7 nitrogen and oxygen atoms in total. The number of esters is 1. The van der Waals surface area contributed by atoms with Crippen LogP contribution in [-0.4, -0.2) is 34.1 Å². The molecule has 0 N–H and O–H groups in total. The Labute approximate surface area is 134 Å². The van der Waals surface area contributed by atoms with E-state index in [1.54, 1.807) is 32.9 Å². The third kappa shape index (κ3) is 4.19. The van der Waals surface area contributed by atoms with Crippen LogP contribution in [0.5, 0.6) is 0 Å². The van der Waals surface area contributed by atoms with Crippen LogP contribution < -0.4 is 0 Å². The molecule has 7 heteroatoms. The number of nitriles is 1. The first kappa shape index (κ1) is 16.7. The van der Waals surface area contributed by atoms with Gasteiger partial charge >= 0.3 is 12.1 Å². The first-order valence-electron chi connectivity index (χ1n) is 7.24. The maximum Gasteiger partial charge on any atom is 0.410 e. The summed E-state index contributed by atoms with van der Waals surface area (Å²) in [6.45, 7) is 7.08. The highest BCUT2D eigenvalue weighted by Gasteiger charge is 2.33. The van der Waals surface area contributed by atoms with E-state index in [-0.39, 0.29) is 12.2 Å². The largest absolute Gasteiger partial charge is 0.454 e. The van der Waals surface area contributed by atoms with Crippen LogP contribution in [0.4, 0.5) is 4.79 Å². The average molecular weight is 317 g/mol. The van der Waals surface area contributed by atoms with Crippen LogP contribution in [0, 0.1) is 11.3 Å². The van der Waals surface area contributed by atoms with Crippen molar-refractivity contribution in [2.24, 2.45) is 0 Å². The molecule has 0 aromatic carbocycles. The van der Waals surface area contributed by atoms with Crippen molar-refractivity contribution in [1.29, 1.82) is 5.26 Å². The van der Waals surface area contributed by atoms with Crippen molar-refractivity contribution in [1.82, 2.24) is 9.88 Å². The number of nitrogens with zero attached hydrogens (tertiary/aromatic N) is 3. The first-order chi connectivity index (χ1) is 10.7. The number of carbonyl (C=O) groups excluding carboxylic acids is 2. The van der Waals surface area contributed by atoms with Crippen molar-refractivity contribution in [3.05, 3.63) is 29.1 Å². The van der Waals surface area contributed by atoms with Gasteiger partial charge in [0, 0.05) is 6.92 Å². The van der Waals surface area contributed by atoms with Crippen molar-refractivity contribution in [2.75, 3.05) is 6.54 Å². The molecule has 0 radical (unpaired) electrons. The molecule has 1 aliphatic rings. The smallest absolute Gasteiger partial charge is 0.410 e. The normalized spacial score (nSPS) is 17.0. The van der Waals surface area contributed by atoms with E-state index in [1.807, 2.05) is 6.07 Å². The van der Waals surface area contributed by atoms with Crippen molar-refractivity contribution < 1.29 is 19.1 Å². The third-order valence-corrected chi connectivity index (χ3v) is 3.14. The third-order valence-electron chi connectivity index (χ3n) is 3.14. The van der Waals surface area contributed by atoms with E-state index in [0.717, 1.165) is 5.56 Å². The summed E-state index contributed by atoms with van der Waals surface area (Å²) >= 11 is 0. The Morgan fingerprint density at radius 2 is 2.09 bits per heavy atom. The van der Waals surface area contributed by atoms with Gasteiger partial charge < -0.3 is 9.47 Å². The Morgan fingerprint density at radius 3 is 2.65 bits per heavy atom. The maximum absolute atomic E-state index is 12.3. The Balaban J connectivity index is 2.30. The predicted octanol–water partition coefficient (Wildman–Crippen LogP) is 2.31. The fourth-order valence-electron chi connectivity index (χ4n) is 2.29. The zero-order chi connectivity index (χ0) is 17.2. The molecule has 1 unspecified atom stereocenters. The lowest BCUT2D eigenvalue weighted by Crippen LogP contribution is -2.42. The number of ether oxygens (including phenoxy) is 2. The van der Waals surface area contributed by atoms with Crippen molar-refractivity contribution >= 4 is 12.1 Å². The molecule has 1 atom stereocenters. The fraction of sp³-hybridized carbons (Fsp3) is 0.500. The van der Waals surface area contributed by atoms with Gasteiger partial charge in [-0.1, -0.05) is 6.07 Å². The summed E-state index contributed by atoms with van der Waals surface area (Å²) in [4.78, 5) is 29.3. The van der Waals surface area contributed by atoms with Gasteiger partial charge in [0.25, 0.3) is 0 Å². The van der Waals surface area contributed by atoms with E-state index in [1.165, 1.54) is 11.8 Å². The Bertz CT molecular complexity index is 673. The van der Waals surface area contributed by atoms with Crippen LogP contribution >= 0.6 is 0 Å². The summed E-state index contributed by atoms with van der Waals surface area (Å²) in [6, 6.07) is 5.25. The van der Waals surface area contributed by atoms with Crippen LogP contribution in [0.3, 0.4) is 0 Å². The topological polar surface area (TPSA) is 92.5 Å². The molecular formula is C16H19N3O4. The number of hydrogen-bond donors (Lipinski definition) is 0. The summed E-state index contributed by atoms with van der Waals surface area (Å²) < 4.78 is 10.6. The van der Waals surface area contributed by atoms with Crippen molar-refractivity contribution in [3.63, 3.8) is 0 Å². The Morgan fingerprint density at radius 1 is 1.39 bits per heavy atom. The van der Waals surface area contributed by atoms with Gasteiger partial charge in [-0.15, -0.1) is 0 Å². The molecule has 0 spiro atoms. The van der Waals surface area contributed by atoms with E-state index in [0.29, 0.717) is 12.2 Å². The van der Waals surface area contributed by atoms with Gasteiger partial charge in [-0.25, -0.2) is 9.78 Å². The van der Waals surface area contributed by atoms with Crippen LogP contribution in [-0.2, 0) is 20.8 Å². The predicted molar refractivity (Wildman–Crippen MR) is 80.1 cm³/mol. The molecule has 122 valence electrons. The average Bonchev–Trinajstić information content (AvgIpc) is 2.44. The van der Waals surface area contributed by atoms with Gasteiger partial charge in [0.1, 0.15) is 17.4 Å². The van der Waals surface area contributed by atoms with Crippen molar-refractivity contribution in [2.45, 2.75) is 45.9 Å². The van der Waals surface area contributed by atoms with Gasteiger partial charge in [0.2, 0.25) is 0 Å². The van der Waals surface area contributed by atoms with E-state index >= 15 is 0 Å². The molecule has 2 rings (SSSR count). The summed E-state index contributed by atoms with van der Waals surface area (Å²) in [5, 5.41) is 8.97. The van der Waals surface area contributed by atoms with E-state index in [4.69, 9.17) is 14.7 Å². The zero-order valence-corrected chi connectivity index (χ0v) is 13.6. The second kappa shape index (κ2) is 6.24. The lowest BCUT2D eigenvalue weighted by molar-refractivity contribution is -0.148. The SMILES string of the molecule is CC(=O)OC1CN(C(=O)OC(C)(C)C)Cc2ccc(C#N)nc21. The minimum Gasteiger partial charge on any atom is -0.454 e. The highest BCUT2D eigenvalue weighted by atomic mass is 16.6. The van der Waals surface area contributed by atoms with Gasteiger partial charge in [0.05, 0.1) is 18.8 Å². The van der Waals surface area contributed by atoms with Crippen molar-refractivity contribution in [3.8, 4) is 6.07 Å². The number of amides is 1. The first-order valence-corrected chi connectivity index (χ1v) is 7.24. The van der Waals surface area contributed by atoms with Crippen LogP contribution in [0.2, 0.25) is 0 Å². The molecule has 1 aliphatic heterocycles. The van der Waals surface area contributed by atoms with E-state index < -0.39 is 23.8 Å². The lowest BCUT2D eigenvalue weighted by Gasteiger charge is -2.34. The molecule has 23 heavy (non-hydrogen) atoms. The zero-order valence-electron chi connectivity index (χ0n) is 13.6. The van der Waals surface area contributed by atoms with Crippen LogP contribution in [0.15, 0.2) is 12.1 Å². The summed E-state index contributed by atoms with van der Waals surface area (Å²) in [6.07, 6.45) is -1.19. The second-order valence-corrected chi connectivity index (χ2v) is 6.31. The number of fused-ring (bicyclic) bond motifs is 1. The highest BCUT2D eigenvalue weighted by Crippen LogP contribution is 2.29. The van der Waals surface area contributed by atoms with Gasteiger partial charge in [-0.2, -0.15) is 5.26 Å². The molecular weight excluding hydrogens is 298 g/mol. The quantitative estimate of drug-likeness (QED) is 0.738. The molecule has 0 bridgehead atoms. The Kier molecular flexibility index (Phi) is 4.55. The molecule has 1 amide bonds. The Hall–Kier alpha value is -2.62. The number of aromatic nitrogens is 1. The summed E-state index contributed by atoms with van der Waals surface area (Å²) in [5.41, 5.74) is 0.870. The summed E-state index contributed by atoms with van der Waals surface area (Å²) in [5.74, 6) is -0.476. The number of carbonyl (C=O) groups is 2. The van der Waals surface area contributed by atoms with Crippen LogP contribution in [0.1, 0.15) is 50.8 Å². The molecule has 0 saturated heterocycles.